The highest BCUT2D eigenvalue weighted by Gasteiger charge is 2.50. The predicted molar refractivity (Wildman–Crippen MR) is 80.1 cm³/mol. The first-order valence-corrected chi connectivity index (χ1v) is 8.26. The number of hydrogen-bond acceptors (Lipinski definition) is 0. The number of rotatable bonds is 3. The van der Waals surface area contributed by atoms with Gasteiger partial charge in [0.2, 0.25) is 0 Å². The topological polar surface area (TPSA) is 0 Å². The number of hydrogen-bond donors (Lipinski definition) is 0. The first-order chi connectivity index (χ1) is 9.21. The van der Waals surface area contributed by atoms with Crippen LogP contribution < -0.4 is 0 Å². The minimum absolute atomic E-state index is 0.750. The van der Waals surface area contributed by atoms with Gasteiger partial charge in [-0.05, 0) is 87.0 Å². The van der Waals surface area contributed by atoms with Gasteiger partial charge in [0.25, 0.3) is 0 Å². The summed E-state index contributed by atoms with van der Waals surface area (Å²) in [7, 11) is 0. The monoisotopic (exact) mass is 254 g/mol. The molecule has 0 atom stereocenters. The van der Waals surface area contributed by atoms with Gasteiger partial charge >= 0.3 is 0 Å². The Morgan fingerprint density at radius 2 is 1.42 bits per heavy atom. The highest BCUT2D eigenvalue weighted by Crippen LogP contribution is 2.61. The molecule has 4 fully saturated rings. The second-order valence-electron chi connectivity index (χ2n) is 7.90. The lowest BCUT2D eigenvalue weighted by molar-refractivity contribution is -0.0569. The van der Waals surface area contributed by atoms with Gasteiger partial charge in [-0.15, -0.1) is 0 Å². The molecule has 0 amide bonds. The summed E-state index contributed by atoms with van der Waals surface area (Å²) in [6.45, 7) is 2.18. The average molecular weight is 254 g/mol. The van der Waals surface area contributed by atoms with Crippen molar-refractivity contribution < 1.29 is 0 Å². The molecule has 0 aromatic heterocycles. The van der Waals surface area contributed by atoms with Gasteiger partial charge in [-0.25, -0.2) is 0 Å². The van der Waals surface area contributed by atoms with E-state index >= 15 is 0 Å². The summed E-state index contributed by atoms with van der Waals surface area (Å²) in [4.78, 5) is 0. The summed E-state index contributed by atoms with van der Waals surface area (Å²) in [5, 5.41) is 0. The van der Waals surface area contributed by atoms with Gasteiger partial charge < -0.3 is 0 Å². The van der Waals surface area contributed by atoms with Gasteiger partial charge in [0.1, 0.15) is 0 Å². The maximum atomic E-state index is 2.34. The van der Waals surface area contributed by atoms with Crippen molar-refractivity contribution in [3.05, 3.63) is 35.4 Å². The zero-order valence-corrected chi connectivity index (χ0v) is 12.2. The Morgan fingerprint density at radius 3 is 1.95 bits per heavy atom. The Hall–Kier alpha value is -0.780. The maximum absolute atomic E-state index is 2.34. The van der Waals surface area contributed by atoms with E-state index in [0.29, 0.717) is 0 Å². The number of aryl methyl sites for hydroxylation is 2. The van der Waals surface area contributed by atoms with E-state index in [1.807, 2.05) is 0 Å². The lowest BCUT2D eigenvalue weighted by Gasteiger charge is -2.57. The minimum atomic E-state index is 0.750. The largest absolute Gasteiger partial charge is 0.0591 e. The highest BCUT2D eigenvalue weighted by atomic mass is 14.5. The van der Waals surface area contributed by atoms with Crippen LogP contribution in [0.2, 0.25) is 0 Å². The fourth-order valence-electron chi connectivity index (χ4n) is 5.76. The Balaban J connectivity index is 1.46. The Labute approximate surface area is 117 Å². The standard InChI is InChI=1S/C19H26/c1-14-2-4-15(5-3-14)6-7-19-11-16-8-17(12-19)10-18(9-16)13-19/h2-5,16-18H,6-13H2,1H3. The fraction of sp³-hybridized carbons (Fsp3) is 0.684. The van der Waals surface area contributed by atoms with Gasteiger partial charge in [0.05, 0.1) is 0 Å². The van der Waals surface area contributed by atoms with Crippen molar-refractivity contribution >= 4 is 0 Å². The molecule has 0 unspecified atom stereocenters. The molecule has 0 heterocycles. The summed E-state index contributed by atoms with van der Waals surface area (Å²) in [5.41, 5.74) is 3.69. The zero-order chi connectivity index (χ0) is 12.9. The normalized spacial score (nSPS) is 39.7. The molecule has 4 aliphatic carbocycles. The van der Waals surface area contributed by atoms with Crippen LogP contribution in [-0.2, 0) is 6.42 Å². The first kappa shape index (κ1) is 12.0. The van der Waals surface area contributed by atoms with Crippen molar-refractivity contribution in [1.29, 1.82) is 0 Å². The Bertz CT molecular complexity index is 418. The lowest BCUT2D eigenvalue weighted by atomic mass is 9.48. The van der Waals surface area contributed by atoms with E-state index < -0.39 is 0 Å². The van der Waals surface area contributed by atoms with Crippen molar-refractivity contribution in [3.63, 3.8) is 0 Å². The third kappa shape index (κ3) is 2.24. The molecule has 1 aromatic carbocycles. The second-order valence-corrected chi connectivity index (χ2v) is 7.90. The first-order valence-electron chi connectivity index (χ1n) is 8.26. The second kappa shape index (κ2) is 4.36. The van der Waals surface area contributed by atoms with Crippen LogP contribution in [0.4, 0.5) is 0 Å². The molecule has 0 nitrogen and oxygen atoms in total. The molecule has 0 N–H and O–H groups in total. The smallest absolute Gasteiger partial charge is 0.0274 e. The molecule has 1 aromatic rings. The van der Waals surface area contributed by atoms with Crippen LogP contribution in [-0.4, -0.2) is 0 Å². The third-order valence-electron chi connectivity index (χ3n) is 6.23. The summed E-state index contributed by atoms with van der Waals surface area (Å²) in [6, 6.07) is 9.23. The molecular weight excluding hydrogens is 228 g/mol. The molecule has 0 radical (unpaired) electrons. The van der Waals surface area contributed by atoms with Crippen molar-refractivity contribution in [1.82, 2.24) is 0 Å². The van der Waals surface area contributed by atoms with Crippen molar-refractivity contribution in [2.24, 2.45) is 23.2 Å². The summed E-state index contributed by atoms with van der Waals surface area (Å²) < 4.78 is 0. The van der Waals surface area contributed by atoms with Crippen molar-refractivity contribution in [2.45, 2.75) is 58.3 Å². The van der Waals surface area contributed by atoms with Gasteiger partial charge in [0, 0.05) is 0 Å². The van der Waals surface area contributed by atoms with Gasteiger partial charge in [0.15, 0.2) is 0 Å². The summed E-state index contributed by atoms with van der Waals surface area (Å²) in [5.74, 6) is 3.30. The summed E-state index contributed by atoms with van der Waals surface area (Å²) in [6.07, 6.45) is 12.2. The molecule has 0 aliphatic heterocycles. The third-order valence-corrected chi connectivity index (χ3v) is 6.23. The quantitative estimate of drug-likeness (QED) is 0.700. The number of benzene rings is 1. The highest BCUT2D eigenvalue weighted by molar-refractivity contribution is 5.21. The van der Waals surface area contributed by atoms with E-state index in [1.165, 1.54) is 18.4 Å². The van der Waals surface area contributed by atoms with Crippen LogP contribution in [0.25, 0.3) is 0 Å². The molecule has 102 valence electrons. The molecule has 0 heteroatoms. The van der Waals surface area contributed by atoms with E-state index in [4.69, 9.17) is 0 Å². The van der Waals surface area contributed by atoms with E-state index in [0.717, 1.165) is 23.2 Å². The Morgan fingerprint density at radius 1 is 0.895 bits per heavy atom. The van der Waals surface area contributed by atoms with Gasteiger partial charge in [-0.1, -0.05) is 29.8 Å². The van der Waals surface area contributed by atoms with Crippen molar-refractivity contribution in [2.75, 3.05) is 0 Å². The fourth-order valence-corrected chi connectivity index (χ4v) is 5.76. The molecule has 19 heavy (non-hydrogen) atoms. The maximum Gasteiger partial charge on any atom is -0.0274 e. The molecule has 4 aliphatic rings. The summed E-state index contributed by atoms with van der Waals surface area (Å²) >= 11 is 0. The molecule has 4 saturated carbocycles. The van der Waals surface area contributed by atoms with Gasteiger partial charge in [-0.3, -0.25) is 0 Å². The van der Waals surface area contributed by atoms with Crippen LogP contribution in [0.1, 0.15) is 56.1 Å². The van der Waals surface area contributed by atoms with Crippen LogP contribution in [0.15, 0.2) is 24.3 Å². The minimum Gasteiger partial charge on any atom is -0.0591 e. The van der Waals surface area contributed by atoms with Crippen molar-refractivity contribution in [3.8, 4) is 0 Å². The Kier molecular flexibility index (Phi) is 2.76. The molecular formula is C19H26. The molecule has 0 saturated heterocycles. The zero-order valence-electron chi connectivity index (χ0n) is 12.2. The lowest BCUT2D eigenvalue weighted by Crippen LogP contribution is -2.46. The molecule has 0 spiro atoms. The molecule has 4 bridgehead atoms. The van der Waals surface area contributed by atoms with Crippen LogP contribution in [0, 0.1) is 30.1 Å². The average Bonchev–Trinajstić information content (AvgIpc) is 2.36. The predicted octanol–water partition coefficient (Wildman–Crippen LogP) is 5.14. The SMILES string of the molecule is Cc1ccc(CCC23CC4CC(CC(C4)C2)C3)cc1. The van der Waals surface area contributed by atoms with E-state index in [9.17, 15) is 0 Å². The molecule has 5 rings (SSSR count). The van der Waals surface area contributed by atoms with E-state index in [1.54, 1.807) is 44.1 Å². The van der Waals surface area contributed by atoms with E-state index in [-0.39, 0.29) is 0 Å². The van der Waals surface area contributed by atoms with E-state index in [2.05, 4.69) is 31.2 Å². The van der Waals surface area contributed by atoms with Crippen LogP contribution in [0.3, 0.4) is 0 Å². The van der Waals surface area contributed by atoms with Crippen LogP contribution >= 0.6 is 0 Å². The van der Waals surface area contributed by atoms with Crippen LogP contribution in [0.5, 0.6) is 0 Å². The van der Waals surface area contributed by atoms with Gasteiger partial charge in [-0.2, -0.15) is 0 Å².